The summed E-state index contributed by atoms with van der Waals surface area (Å²) < 4.78 is 55.5. The first-order valence-corrected chi connectivity index (χ1v) is 10.5. The molecule has 32 heavy (non-hydrogen) atoms. The number of carbonyl (C=O) groups is 1. The van der Waals surface area contributed by atoms with E-state index in [2.05, 4.69) is 5.32 Å². The number of hydrogen-bond acceptors (Lipinski definition) is 4. The molecular formula is C23H21ClF3NO4. The molecule has 0 unspecified atom stereocenters. The Labute approximate surface area is 188 Å². The summed E-state index contributed by atoms with van der Waals surface area (Å²) in [6, 6.07) is 9.26. The zero-order chi connectivity index (χ0) is 22.8. The predicted molar refractivity (Wildman–Crippen MR) is 113 cm³/mol. The van der Waals surface area contributed by atoms with Gasteiger partial charge in [0, 0.05) is 31.2 Å². The molecule has 1 amide bonds. The summed E-state index contributed by atoms with van der Waals surface area (Å²) in [5.74, 6) is 0.951. The average molecular weight is 468 g/mol. The lowest BCUT2D eigenvalue weighted by Crippen LogP contribution is -2.44. The lowest BCUT2D eigenvalue weighted by molar-refractivity contribution is -0.137. The van der Waals surface area contributed by atoms with Gasteiger partial charge in [-0.1, -0.05) is 23.7 Å². The first kappa shape index (κ1) is 22.5. The SMILES string of the molecule is O=C(/C=C/c1ccc(Cl)c(C(F)(F)F)c1)NCC1(c2ccc3c(c2)OCO3)CCOCC1. The van der Waals surface area contributed by atoms with Crippen LogP contribution in [0, 0.1) is 0 Å². The minimum absolute atomic E-state index is 0.178. The van der Waals surface area contributed by atoms with E-state index in [0.717, 1.165) is 11.6 Å². The van der Waals surface area contributed by atoms with E-state index in [1.807, 2.05) is 18.2 Å². The van der Waals surface area contributed by atoms with Crippen molar-refractivity contribution in [3.63, 3.8) is 0 Å². The zero-order valence-corrected chi connectivity index (χ0v) is 17.8. The molecule has 4 rings (SSSR count). The van der Waals surface area contributed by atoms with Gasteiger partial charge in [0.25, 0.3) is 0 Å². The van der Waals surface area contributed by atoms with Crippen molar-refractivity contribution in [2.75, 3.05) is 26.6 Å². The van der Waals surface area contributed by atoms with Gasteiger partial charge < -0.3 is 19.5 Å². The second-order valence-electron chi connectivity index (χ2n) is 7.75. The number of amides is 1. The van der Waals surface area contributed by atoms with Crippen LogP contribution in [0.3, 0.4) is 0 Å². The molecule has 1 fully saturated rings. The molecule has 0 bridgehead atoms. The van der Waals surface area contributed by atoms with Crippen LogP contribution in [0.15, 0.2) is 42.5 Å². The fourth-order valence-electron chi connectivity index (χ4n) is 3.91. The summed E-state index contributed by atoms with van der Waals surface area (Å²) in [4.78, 5) is 12.4. The van der Waals surface area contributed by atoms with Crippen LogP contribution in [0.1, 0.15) is 29.5 Å². The minimum Gasteiger partial charge on any atom is -0.454 e. The highest BCUT2D eigenvalue weighted by molar-refractivity contribution is 6.31. The Morgan fingerprint density at radius 2 is 1.84 bits per heavy atom. The maximum absolute atomic E-state index is 13.0. The summed E-state index contributed by atoms with van der Waals surface area (Å²) in [7, 11) is 0. The molecule has 0 aromatic heterocycles. The van der Waals surface area contributed by atoms with Crippen LogP contribution >= 0.6 is 11.6 Å². The van der Waals surface area contributed by atoms with Gasteiger partial charge in [-0.25, -0.2) is 0 Å². The number of alkyl halides is 3. The van der Waals surface area contributed by atoms with Gasteiger partial charge in [-0.2, -0.15) is 13.2 Å². The summed E-state index contributed by atoms with van der Waals surface area (Å²) >= 11 is 5.64. The van der Waals surface area contributed by atoms with E-state index in [0.29, 0.717) is 44.1 Å². The van der Waals surface area contributed by atoms with E-state index in [9.17, 15) is 18.0 Å². The Hall–Kier alpha value is -2.71. The van der Waals surface area contributed by atoms with Gasteiger partial charge in [-0.3, -0.25) is 4.79 Å². The molecule has 2 aliphatic heterocycles. The van der Waals surface area contributed by atoms with Crippen LogP contribution < -0.4 is 14.8 Å². The third kappa shape index (κ3) is 4.86. The molecule has 0 spiro atoms. The Morgan fingerprint density at radius 3 is 2.59 bits per heavy atom. The Balaban J connectivity index is 1.47. The Morgan fingerprint density at radius 1 is 1.09 bits per heavy atom. The van der Waals surface area contributed by atoms with E-state index >= 15 is 0 Å². The molecule has 2 aliphatic rings. The van der Waals surface area contributed by atoms with Crippen LogP contribution in [-0.4, -0.2) is 32.5 Å². The molecule has 2 aromatic rings. The van der Waals surface area contributed by atoms with Crippen molar-refractivity contribution in [3.8, 4) is 11.5 Å². The van der Waals surface area contributed by atoms with Gasteiger partial charge in [-0.15, -0.1) is 0 Å². The van der Waals surface area contributed by atoms with Crippen LogP contribution in [0.25, 0.3) is 6.08 Å². The maximum atomic E-state index is 13.0. The number of carbonyl (C=O) groups excluding carboxylic acids is 1. The highest BCUT2D eigenvalue weighted by atomic mass is 35.5. The predicted octanol–water partition coefficient (Wildman–Crippen LogP) is 4.97. The van der Waals surface area contributed by atoms with Crippen LogP contribution in [0.2, 0.25) is 5.02 Å². The summed E-state index contributed by atoms with van der Waals surface area (Å²) in [6.07, 6.45) is -0.594. The van der Waals surface area contributed by atoms with Gasteiger partial charge in [0.15, 0.2) is 11.5 Å². The number of nitrogens with one attached hydrogen (secondary N) is 1. The van der Waals surface area contributed by atoms with Gasteiger partial charge in [0.1, 0.15) is 0 Å². The molecule has 0 radical (unpaired) electrons. The summed E-state index contributed by atoms with van der Waals surface area (Å²) in [5, 5.41) is 2.50. The molecule has 9 heteroatoms. The summed E-state index contributed by atoms with van der Waals surface area (Å²) in [5.41, 5.74) is -0.0344. The molecule has 0 saturated carbocycles. The van der Waals surface area contributed by atoms with Crippen molar-refractivity contribution >= 4 is 23.6 Å². The van der Waals surface area contributed by atoms with Crippen molar-refractivity contribution in [2.24, 2.45) is 0 Å². The van der Waals surface area contributed by atoms with E-state index < -0.39 is 17.6 Å². The second-order valence-corrected chi connectivity index (χ2v) is 8.16. The highest BCUT2D eigenvalue weighted by Crippen LogP contribution is 2.40. The molecule has 170 valence electrons. The molecule has 0 aliphatic carbocycles. The molecular weight excluding hydrogens is 447 g/mol. The quantitative estimate of drug-likeness (QED) is 0.631. The molecule has 5 nitrogen and oxygen atoms in total. The van der Waals surface area contributed by atoms with Gasteiger partial charge >= 0.3 is 6.18 Å². The fourth-order valence-corrected chi connectivity index (χ4v) is 4.13. The van der Waals surface area contributed by atoms with Gasteiger partial charge in [0.2, 0.25) is 12.7 Å². The topological polar surface area (TPSA) is 56.8 Å². The van der Waals surface area contributed by atoms with Crippen LogP contribution in [-0.2, 0) is 21.1 Å². The van der Waals surface area contributed by atoms with Crippen molar-refractivity contribution in [3.05, 3.63) is 64.2 Å². The lowest BCUT2D eigenvalue weighted by Gasteiger charge is -2.38. The number of ether oxygens (including phenoxy) is 3. The standard InChI is InChI=1S/C23H21ClF3NO4/c24-18-4-1-15(11-17(18)23(25,26)27)2-6-21(29)28-13-22(7-9-30-10-8-22)16-3-5-19-20(12-16)32-14-31-19/h1-6,11-12H,7-10,13-14H2,(H,28,29)/b6-2+. The molecule has 2 heterocycles. The Kier molecular flexibility index (Phi) is 6.35. The average Bonchev–Trinajstić information content (AvgIpc) is 3.25. The number of halogens is 4. The smallest absolute Gasteiger partial charge is 0.417 e. The van der Waals surface area contributed by atoms with Crippen molar-refractivity contribution in [1.29, 1.82) is 0 Å². The van der Waals surface area contributed by atoms with E-state index in [1.165, 1.54) is 24.3 Å². The number of rotatable bonds is 5. The highest BCUT2D eigenvalue weighted by Gasteiger charge is 2.36. The first-order valence-electron chi connectivity index (χ1n) is 10.1. The van der Waals surface area contributed by atoms with Gasteiger partial charge in [0.05, 0.1) is 10.6 Å². The van der Waals surface area contributed by atoms with E-state index in [-0.39, 0.29) is 22.8 Å². The zero-order valence-electron chi connectivity index (χ0n) is 17.0. The van der Waals surface area contributed by atoms with Gasteiger partial charge in [-0.05, 0) is 54.3 Å². The van der Waals surface area contributed by atoms with Crippen molar-refractivity contribution in [1.82, 2.24) is 5.32 Å². The normalized spacial score (nSPS) is 17.5. The number of hydrogen-bond donors (Lipinski definition) is 1. The molecule has 0 atom stereocenters. The third-order valence-electron chi connectivity index (χ3n) is 5.76. The molecule has 1 saturated heterocycles. The maximum Gasteiger partial charge on any atom is 0.417 e. The van der Waals surface area contributed by atoms with Crippen LogP contribution in [0.5, 0.6) is 11.5 Å². The monoisotopic (exact) mass is 467 g/mol. The molecule has 1 N–H and O–H groups in total. The Bertz CT molecular complexity index is 1030. The number of benzene rings is 2. The largest absolute Gasteiger partial charge is 0.454 e. The van der Waals surface area contributed by atoms with Crippen molar-refractivity contribution < 1.29 is 32.2 Å². The lowest BCUT2D eigenvalue weighted by atomic mass is 9.74. The van der Waals surface area contributed by atoms with Crippen molar-refractivity contribution in [2.45, 2.75) is 24.4 Å². The molecule has 2 aromatic carbocycles. The van der Waals surface area contributed by atoms with Crippen LogP contribution in [0.4, 0.5) is 13.2 Å². The first-order chi connectivity index (χ1) is 15.3. The number of fused-ring (bicyclic) bond motifs is 1. The third-order valence-corrected chi connectivity index (χ3v) is 6.09. The minimum atomic E-state index is -4.57. The fraction of sp³-hybridized carbons (Fsp3) is 0.348. The second kappa shape index (κ2) is 9.03. The summed E-state index contributed by atoms with van der Waals surface area (Å²) in [6.45, 7) is 1.65. The van der Waals surface area contributed by atoms with E-state index in [1.54, 1.807) is 0 Å². The van der Waals surface area contributed by atoms with E-state index in [4.69, 9.17) is 25.8 Å².